The van der Waals surface area contributed by atoms with Gasteiger partial charge < -0.3 is 10.4 Å². The van der Waals surface area contributed by atoms with Gasteiger partial charge in [0.25, 0.3) is 0 Å². The second kappa shape index (κ2) is 13.4. The van der Waals surface area contributed by atoms with E-state index in [1.807, 2.05) is 40.7 Å². The highest BCUT2D eigenvalue weighted by Crippen LogP contribution is 2.10. The Hall–Kier alpha value is -2.03. The summed E-state index contributed by atoms with van der Waals surface area (Å²) < 4.78 is 0. The lowest BCUT2D eigenvalue weighted by molar-refractivity contribution is 0.0697. The summed E-state index contributed by atoms with van der Waals surface area (Å²) in [6.45, 7) is 14.3. The van der Waals surface area contributed by atoms with Crippen molar-refractivity contribution in [2.24, 2.45) is 0 Å². The first kappa shape index (κ1) is 20.3. The number of hydrogen-bond acceptors (Lipinski definition) is 2. The van der Waals surface area contributed by atoms with Gasteiger partial charge in [-0.15, -0.1) is 0 Å². The van der Waals surface area contributed by atoms with E-state index in [0.717, 1.165) is 17.8 Å². The zero-order valence-electron chi connectivity index (χ0n) is 13.2. The number of aromatic carboxylic acids is 1. The van der Waals surface area contributed by atoms with Crippen LogP contribution >= 0.6 is 0 Å². The van der Waals surface area contributed by atoms with Crippen molar-refractivity contribution >= 4 is 11.7 Å². The fourth-order valence-electron chi connectivity index (χ4n) is 1.23. The van der Waals surface area contributed by atoms with Crippen LogP contribution in [0.2, 0.25) is 0 Å². The molecule has 0 amide bonds. The van der Waals surface area contributed by atoms with Crippen molar-refractivity contribution in [1.82, 2.24) is 0 Å². The first-order valence-electron chi connectivity index (χ1n) is 6.99. The molecule has 0 bridgehead atoms. The van der Waals surface area contributed by atoms with E-state index in [4.69, 9.17) is 5.11 Å². The van der Waals surface area contributed by atoms with Gasteiger partial charge in [0, 0.05) is 12.2 Å². The van der Waals surface area contributed by atoms with Crippen LogP contribution in [0.15, 0.2) is 48.6 Å². The average molecular weight is 277 g/mol. The van der Waals surface area contributed by atoms with Gasteiger partial charge in [-0.1, -0.05) is 52.0 Å². The Morgan fingerprint density at radius 2 is 1.70 bits per heavy atom. The Morgan fingerprint density at radius 3 is 2.10 bits per heavy atom. The van der Waals surface area contributed by atoms with Crippen LogP contribution in [0.25, 0.3) is 0 Å². The highest BCUT2D eigenvalue weighted by atomic mass is 16.4. The molecule has 112 valence electrons. The van der Waals surface area contributed by atoms with E-state index < -0.39 is 5.97 Å². The number of hydrogen-bond donors (Lipinski definition) is 2. The second-order valence-corrected chi connectivity index (χ2v) is 3.48. The summed E-state index contributed by atoms with van der Waals surface area (Å²) in [5, 5.41) is 11.9. The molecule has 20 heavy (non-hydrogen) atoms. The summed E-state index contributed by atoms with van der Waals surface area (Å²) in [6.07, 6.45) is 3.67. The zero-order valence-corrected chi connectivity index (χ0v) is 13.2. The van der Waals surface area contributed by atoms with Crippen LogP contribution in [-0.4, -0.2) is 17.6 Å². The molecule has 0 aliphatic heterocycles. The molecular weight excluding hydrogens is 250 g/mol. The second-order valence-electron chi connectivity index (χ2n) is 3.48. The molecule has 1 aromatic carbocycles. The van der Waals surface area contributed by atoms with Gasteiger partial charge >= 0.3 is 5.97 Å². The van der Waals surface area contributed by atoms with Crippen LogP contribution in [0.5, 0.6) is 0 Å². The number of nitrogens with one attached hydrogen (secondary N) is 1. The lowest BCUT2D eigenvalue weighted by Crippen LogP contribution is -2.03. The SMILES string of the molecule is C=C/C=C(\C)CNc1ccc(C(=O)O)cc1.CC.CC. The number of anilines is 1. The third-order valence-corrected chi connectivity index (χ3v) is 2.11. The van der Waals surface area contributed by atoms with Crippen LogP contribution in [0.4, 0.5) is 5.69 Å². The number of allylic oxidation sites excluding steroid dienone is 2. The Morgan fingerprint density at radius 1 is 1.20 bits per heavy atom. The van der Waals surface area contributed by atoms with Crippen LogP contribution in [0.1, 0.15) is 45.0 Å². The minimum atomic E-state index is -0.908. The topological polar surface area (TPSA) is 49.3 Å². The monoisotopic (exact) mass is 277 g/mol. The molecule has 0 unspecified atom stereocenters. The maximum atomic E-state index is 10.6. The molecule has 0 saturated carbocycles. The summed E-state index contributed by atoms with van der Waals surface area (Å²) in [4.78, 5) is 10.6. The third kappa shape index (κ3) is 8.97. The third-order valence-electron chi connectivity index (χ3n) is 2.11. The maximum Gasteiger partial charge on any atom is 0.335 e. The predicted molar refractivity (Wildman–Crippen MR) is 88.5 cm³/mol. The quantitative estimate of drug-likeness (QED) is 0.746. The Labute approximate surface area is 123 Å². The average Bonchev–Trinajstić information content (AvgIpc) is 2.50. The van der Waals surface area contributed by atoms with Gasteiger partial charge in [-0.2, -0.15) is 0 Å². The first-order chi connectivity index (χ1) is 9.63. The summed E-state index contributed by atoms with van der Waals surface area (Å²) >= 11 is 0. The highest BCUT2D eigenvalue weighted by molar-refractivity contribution is 5.87. The molecular formula is C17H27NO2. The largest absolute Gasteiger partial charge is 0.478 e. The lowest BCUT2D eigenvalue weighted by atomic mass is 10.2. The van der Waals surface area contributed by atoms with Crippen molar-refractivity contribution in [3.05, 3.63) is 54.1 Å². The molecule has 0 aliphatic rings. The molecule has 1 rings (SSSR count). The zero-order chi connectivity index (χ0) is 16.0. The van der Waals surface area contributed by atoms with Crippen molar-refractivity contribution in [2.75, 3.05) is 11.9 Å². The fourth-order valence-corrected chi connectivity index (χ4v) is 1.23. The van der Waals surface area contributed by atoms with Gasteiger partial charge in [-0.05, 0) is 31.2 Å². The van der Waals surface area contributed by atoms with Gasteiger partial charge in [0.2, 0.25) is 0 Å². The number of carboxylic acids is 1. The van der Waals surface area contributed by atoms with E-state index in [-0.39, 0.29) is 0 Å². The molecule has 3 heteroatoms. The molecule has 2 N–H and O–H groups in total. The van der Waals surface area contributed by atoms with Gasteiger partial charge in [-0.3, -0.25) is 0 Å². The van der Waals surface area contributed by atoms with Gasteiger partial charge in [0.1, 0.15) is 0 Å². The molecule has 1 aromatic rings. The highest BCUT2D eigenvalue weighted by Gasteiger charge is 2.00. The normalized spacial score (nSPS) is 9.35. The summed E-state index contributed by atoms with van der Waals surface area (Å²) in [7, 11) is 0. The van der Waals surface area contributed by atoms with Crippen molar-refractivity contribution in [3.8, 4) is 0 Å². The van der Waals surface area contributed by atoms with Gasteiger partial charge in [0.05, 0.1) is 5.56 Å². The predicted octanol–water partition coefficient (Wildman–Crippen LogP) is 4.98. The number of carbonyl (C=O) groups is 1. The molecule has 0 saturated heterocycles. The lowest BCUT2D eigenvalue weighted by Gasteiger charge is -2.06. The van der Waals surface area contributed by atoms with E-state index >= 15 is 0 Å². The fraction of sp³-hybridized carbons (Fsp3) is 0.353. The van der Waals surface area contributed by atoms with E-state index in [1.165, 1.54) is 0 Å². The van der Waals surface area contributed by atoms with E-state index in [9.17, 15) is 4.79 Å². The van der Waals surface area contributed by atoms with Crippen molar-refractivity contribution in [1.29, 1.82) is 0 Å². The van der Waals surface area contributed by atoms with Gasteiger partial charge in [0.15, 0.2) is 0 Å². The molecule has 0 heterocycles. The number of benzene rings is 1. The summed E-state index contributed by atoms with van der Waals surface area (Å²) in [5.41, 5.74) is 2.36. The van der Waals surface area contributed by atoms with Gasteiger partial charge in [-0.25, -0.2) is 4.79 Å². The van der Waals surface area contributed by atoms with E-state index in [0.29, 0.717) is 5.56 Å². The molecule has 0 atom stereocenters. The summed E-state index contributed by atoms with van der Waals surface area (Å²) in [5.74, 6) is -0.908. The van der Waals surface area contributed by atoms with Crippen LogP contribution in [0, 0.1) is 0 Å². The number of rotatable bonds is 5. The minimum Gasteiger partial charge on any atom is -0.478 e. The van der Waals surface area contributed by atoms with Crippen LogP contribution in [0.3, 0.4) is 0 Å². The molecule has 0 aliphatic carbocycles. The Kier molecular flexibility index (Phi) is 13.6. The van der Waals surface area contributed by atoms with Crippen LogP contribution < -0.4 is 5.32 Å². The maximum absolute atomic E-state index is 10.6. The smallest absolute Gasteiger partial charge is 0.335 e. The Bertz CT molecular complexity index is 406. The van der Waals surface area contributed by atoms with Crippen molar-refractivity contribution in [2.45, 2.75) is 34.6 Å². The number of carboxylic acid groups (broad SMARTS) is 1. The van der Waals surface area contributed by atoms with Crippen LogP contribution in [-0.2, 0) is 0 Å². The van der Waals surface area contributed by atoms with E-state index in [2.05, 4.69) is 11.9 Å². The molecule has 0 spiro atoms. The Balaban J connectivity index is 0. The molecule has 3 nitrogen and oxygen atoms in total. The summed E-state index contributed by atoms with van der Waals surface area (Å²) in [6, 6.07) is 6.67. The van der Waals surface area contributed by atoms with Crippen molar-refractivity contribution < 1.29 is 9.90 Å². The minimum absolute atomic E-state index is 0.295. The van der Waals surface area contributed by atoms with Crippen molar-refractivity contribution in [3.63, 3.8) is 0 Å². The molecule has 0 radical (unpaired) electrons. The molecule has 0 aromatic heterocycles. The molecule has 0 fully saturated rings. The van der Waals surface area contributed by atoms with E-state index in [1.54, 1.807) is 30.3 Å². The first-order valence-corrected chi connectivity index (χ1v) is 6.99. The standard InChI is InChI=1S/C13H15NO2.2C2H6/c1-3-4-10(2)9-14-12-7-5-11(6-8-12)13(15)16;2*1-2/h3-8,14H,1,9H2,2H3,(H,15,16);2*1-2H3/b10-4+;;.